The molecular formula is C18H26N4O2. The van der Waals surface area contributed by atoms with E-state index in [4.69, 9.17) is 10.00 Å². The first-order valence-electron chi connectivity index (χ1n) is 8.82. The lowest BCUT2D eigenvalue weighted by atomic mass is 10.0. The molecule has 1 N–H and O–H groups in total. The fourth-order valence-electron chi connectivity index (χ4n) is 3.69. The molecule has 1 aromatic rings. The van der Waals surface area contributed by atoms with Crippen molar-refractivity contribution < 1.29 is 9.53 Å². The first kappa shape index (κ1) is 17.0. The molecule has 0 saturated carbocycles. The minimum Gasteiger partial charge on any atom is -0.381 e. The van der Waals surface area contributed by atoms with Crippen LogP contribution >= 0.6 is 0 Å². The molecule has 0 aromatic carbocycles. The van der Waals surface area contributed by atoms with Crippen molar-refractivity contribution >= 4 is 5.91 Å². The Kier molecular flexibility index (Phi) is 5.54. The van der Waals surface area contributed by atoms with Crippen LogP contribution in [0.4, 0.5) is 0 Å². The number of hydrogen-bond acceptors (Lipinski definition) is 4. The molecule has 3 rings (SSSR count). The molecule has 2 saturated heterocycles. The lowest BCUT2D eigenvalue weighted by Gasteiger charge is -2.26. The van der Waals surface area contributed by atoms with Crippen LogP contribution in [0.3, 0.4) is 0 Å². The topological polar surface area (TPSA) is 70.3 Å². The standard InChI is InChI=1S/C18H26N4O2/c1-21-12-15(9-16(21)10-19)13-22-6-2-3-17(22)18(23)20-11-14-4-7-24-8-5-14/h9,12,14,17H,2-8,11,13H2,1H3,(H,20,23). The summed E-state index contributed by atoms with van der Waals surface area (Å²) >= 11 is 0. The lowest BCUT2D eigenvalue weighted by molar-refractivity contribution is -0.126. The lowest BCUT2D eigenvalue weighted by Crippen LogP contribution is -2.44. The Labute approximate surface area is 143 Å². The molecule has 6 heteroatoms. The Morgan fingerprint density at radius 1 is 1.42 bits per heavy atom. The van der Waals surface area contributed by atoms with E-state index in [1.165, 1.54) is 0 Å². The van der Waals surface area contributed by atoms with E-state index in [0.717, 1.165) is 64.1 Å². The summed E-state index contributed by atoms with van der Waals surface area (Å²) in [6.07, 6.45) is 6.02. The summed E-state index contributed by atoms with van der Waals surface area (Å²) in [5, 5.41) is 12.2. The quantitative estimate of drug-likeness (QED) is 0.886. The molecule has 1 atom stereocenters. The maximum absolute atomic E-state index is 12.6. The SMILES string of the molecule is Cn1cc(CN2CCCC2C(=O)NCC2CCOCC2)cc1C#N. The molecule has 6 nitrogen and oxygen atoms in total. The first-order chi connectivity index (χ1) is 11.7. The van der Waals surface area contributed by atoms with E-state index in [9.17, 15) is 4.79 Å². The average molecular weight is 330 g/mol. The number of ether oxygens (including phenoxy) is 1. The number of amides is 1. The highest BCUT2D eigenvalue weighted by molar-refractivity contribution is 5.82. The minimum atomic E-state index is -0.0458. The third-order valence-electron chi connectivity index (χ3n) is 5.13. The van der Waals surface area contributed by atoms with E-state index >= 15 is 0 Å². The molecule has 2 aliphatic heterocycles. The summed E-state index contributed by atoms with van der Waals surface area (Å²) in [5.41, 5.74) is 1.75. The molecule has 1 amide bonds. The maximum Gasteiger partial charge on any atom is 0.237 e. The fourth-order valence-corrected chi connectivity index (χ4v) is 3.69. The smallest absolute Gasteiger partial charge is 0.237 e. The second-order valence-corrected chi connectivity index (χ2v) is 6.89. The van der Waals surface area contributed by atoms with Crippen LogP contribution in [0, 0.1) is 17.2 Å². The third kappa shape index (κ3) is 3.97. The second kappa shape index (κ2) is 7.82. The number of rotatable bonds is 5. The second-order valence-electron chi connectivity index (χ2n) is 6.89. The van der Waals surface area contributed by atoms with Gasteiger partial charge in [-0.05, 0) is 49.8 Å². The van der Waals surface area contributed by atoms with Gasteiger partial charge in [0.2, 0.25) is 5.91 Å². The van der Waals surface area contributed by atoms with Crippen molar-refractivity contribution in [3.63, 3.8) is 0 Å². The zero-order chi connectivity index (χ0) is 16.9. The average Bonchev–Trinajstić information content (AvgIpc) is 3.20. The normalized spacial score (nSPS) is 22.4. The van der Waals surface area contributed by atoms with Crippen molar-refractivity contribution in [3.05, 3.63) is 23.5 Å². The fraction of sp³-hybridized carbons (Fsp3) is 0.667. The Morgan fingerprint density at radius 3 is 2.92 bits per heavy atom. The van der Waals surface area contributed by atoms with Gasteiger partial charge in [-0.2, -0.15) is 5.26 Å². The van der Waals surface area contributed by atoms with Crippen LogP contribution in [-0.4, -0.2) is 47.7 Å². The maximum atomic E-state index is 12.6. The number of carbonyl (C=O) groups excluding carboxylic acids is 1. The van der Waals surface area contributed by atoms with Crippen LogP contribution in [0.25, 0.3) is 0 Å². The number of aryl methyl sites for hydroxylation is 1. The van der Waals surface area contributed by atoms with Crippen molar-refractivity contribution in [2.24, 2.45) is 13.0 Å². The van der Waals surface area contributed by atoms with Gasteiger partial charge in [-0.25, -0.2) is 0 Å². The zero-order valence-electron chi connectivity index (χ0n) is 14.3. The monoisotopic (exact) mass is 330 g/mol. The van der Waals surface area contributed by atoms with Crippen molar-refractivity contribution in [1.82, 2.24) is 14.8 Å². The van der Waals surface area contributed by atoms with E-state index in [-0.39, 0.29) is 11.9 Å². The summed E-state index contributed by atoms with van der Waals surface area (Å²) < 4.78 is 7.20. The Balaban J connectivity index is 1.54. The molecule has 0 bridgehead atoms. The summed E-state index contributed by atoms with van der Waals surface area (Å²) in [7, 11) is 1.88. The van der Waals surface area contributed by atoms with Gasteiger partial charge < -0.3 is 14.6 Å². The summed E-state index contributed by atoms with van der Waals surface area (Å²) in [4.78, 5) is 14.8. The summed E-state index contributed by atoms with van der Waals surface area (Å²) in [6, 6.07) is 4.05. The molecule has 2 fully saturated rings. The molecular weight excluding hydrogens is 304 g/mol. The van der Waals surface area contributed by atoms with Gasteiger partial charge in [0.1, 0.15) is 11.8 Å². The van der Waals surface area contributed by atoms with Crippen molar-refractivity contribution in [2.75, 3.05) is 26.3 Å². The number of nitrogens with zero attached hydrogens (tertiary/aromatic N) is 3. The van der Waals surface area contributed by atoms with E-state index in [1.54, 1.807) is 0 Å². The Bertz CT molecular complexity index is 613. The summed E-state index contributed by atoms with van der Waals surface area (Å²) in [6.45, 7) is 4.05. The molecule has 2 aliphatic rings. The van der Waals surface area contributed by atoms with Crippen LogP contribution in [0.1, 0.15) is 36.9 Å². The third-order valence-corrected chi connectivity index (χ3v) is 5.13. The molecule has 24 heavy (non-hydrogen) atoms. The van der Waals surface area contributed by atoms with Gasteiger partial charge in [0, 0.05) is 39.5 Å². The van der Waals surface area contributed by atoms with Gasteiger partial charge in [-0.15, -0.1) is 0 Å². The number of aromatic nitrogens is 1. The highest BCUT2D eigenvalue weighted by Gasteiger charge is 2.31. The number of likely N-dealkylation sites (tertiary alicyclic amines) is 1. The van der Waals surface area contributed by atoms with Crippen LogP contribution in [0.2, 0.25) is 0 Å². The van der Waals surface area contributed by atoms with Gasteiger partial charge in [-0.3, -0.25) is 9.69 Å². The minimum absolute atomic E-state index is 0.0458. The predicted molar refractivity (Wildman–Crippen MR) is 90.1 cm³/mol. The molecule has 3 heterocycles. The molecule has 1 aromatic heterocycles. The summed E-state index contributed by atoms with van der Waals surface area (Å²) in [5.74, 6) is 0.695. The van der Waals surface area contributed by atoms with Crippen molar-refractivity contribution in [3.8, 4) is 6.07 Å². The van der Waals surface area contributed by atoms with Crippen LogP contribution in [0.5, 0.6) is 0 Å². The van der Waals surface area contributed by atoms with Gasteiger partial charge in [-0.1, -0.05) is 0 Å². The zero-order valence-corrected chi connectivity index (χ0v) is 14.3. The highest BCUT2D eigenvalue weighted by Crippen LogP contribution is 2.21. The number of nitriles is 1. The van der Waals surface area contributed by atoms with Crippen molar-refractivity contribution in [1.29, 1.82) is 5.26 Å². The molecule has 0 spiro atoms. The van der Waals surface area contributed by atoms with E-state index < -0.39 is 0 Å². The van der Waals surface area contributed by atoms with Crippen LogP contribution in [0.15, 0.2) is 12.3 Å². The van der Waals surface area contributed by atoms with Gasteiger partial charge in [0.05, 0.1) is 6.04 Å². The van der Waals surface area contributed by atoms with Crippen LogP contribution in [-0.2, 0) is 23.1 Å². The van der Waals surface area contributed by atoms with E-state index in [1.807, 2.05) is 23.9 Å². The van der Waals surface area contributed by atoms with E-state index in [2.05, 4.69) is 16.3 Å². The number of nitrogens with one attached hydrogen (secondary N) is 1. The Hall–Kier alpha value is -1.84. The first-order valence-corrected chi connectivity index (χ1v) is 8.82. The van der Waals surface area contributed by atoms with Gasteiger partial charge >= 0.3 is 0 Å². The number of carbonyl (C=O) groups is 1. The molecule has 0 radical (unpaired) electrons. The van der Waals surface area contributed by atoms with Crippen LogP contribution < -0.4 is 5.32 Å². The molecule has 0 aliphatic carbocycles. The highest BCUT2D eigenvalue weighted by atomic mass is 16.5. The predicted octanol–water partition coefficient (Wildman–Crippen LogP) is 1.40. The number of hydrogen-bond donors (Lipinski definition) is 1. The largest absolute Gasteiger partial charge is 0.381 e. The molecule has 130 valence electrons. The Morgan fingerprint density at radius 2 is 2.21 bits per heavy atom. The van der Waals surface area contributed by atoms with Crippen molar-refractivity contribution in [2.45, 2.75) is 38.3 Å². The van der Waals surface area contributed by atoms with Gasteiger partial charge in [0.15, 0.2) is 0 Å². The molecule has 1 unspecified atom stereocenters. The van der Waals surface area contributed by atoms with E-state index in [0.29, 0.717) is 11.6 Å². The van der Waals surface area contributed by atoms with Gasteiger partial charge in [0.25, 0.3) is 0 Å².